The Hall–Kier alpha value is -2.34. The van der Waals surface area contributed by atoms with Crippen molar-refractivity contribution in [1.82, 2.24) is 19.4 Å². The van der Waals surface area contributed by atoms with Gasteiger partial charge in [-0.05, 0) is 38.4 Å². The molecule has 6 nitrogen and oxygen atoms in total. The van der Waals surface area contributed by atoms with Crippen LogP contribution in [0.1, 0.15) is 26.2 Å². The zero-order valence-corrected chi connectivity index (χ0v) is 14.8. The van der Waals surface area contributed by atoms with E-state index in [0.29, 0.717) is 18.1 Å². The number of hydrogen-bond acceptors (Lipinski definition) is 4. The Morgan fingerprint density at radius 2 is 2.20 bits per heavy atom. The number of aromatic nitrogens is 3. The molecule has 0 amide bonds. The van der Waals surface area contributed by atoms with Gasteiger partial charge in [0.1, 0.15) is 16.8 Å². The van der Waals surface area contributed by atoms with Gasteiger partial charge in [-0.25, -0.2) is 4.98 Å². The molecule has 3 aromatic rings. The maximum Gasteiger partial charge on any atom is 0.277 e. The Morgan fingerprint density at radius 1 is 1.32 bits per heavy atom. The lowest BCUT2D eigenvalue weighted by Crippen LogP contribution is -2.40. The Kier molecular flexibility index (Phi) is 4.21. The van der Waals surface area contributed by atoms with Gasteiger partial charge >= 0.3 is 0 Å². The van der Waals surface area contributed by atoms with Gasteiger partial charge in [-0.3, -0.25) is 14.3 Å². The molecule has 6 heteroatoms. The molecule has 3 heterocycles. The summed E-state index contributed by atoms with van der Waals surface area (Å²) in [5, 5.41) is 0.949. The van der Waals surface area contributed by atoms with Crippen LogP contribution in [-0.4, -0.2) is 45.7 Å². The van der Waals surface area contributed by atoms with Crippen LogP contribution in [0.4, 0.5) is 0 Å². The number of benzene rings is 1. The van der Waals surface area contributed by atoms with Crippen molar-refractivity contribution in [1.29, 1.82) is 0 Å². The number of aromatic amines is 1. The average molecular weight is 340 g/mol. The van der Waals surface area contributed by atoms with Crippen molar-refractivity contribution in [2.75, 3.05) is 20.2 Å². The van der Waals surface area contributed by atoms with Gasteiger partial charge in [0.05, 0.1) is 19.0 Å². The molecule has 0 aliphatic carbocycles. The largest absolute Gasteiger partial charge is 0.497 e. The van der Waals surface area contributed by atoms with Crippen LogP contribution in [0.15, 0.2) is 29.3 Å². The number of methoxy groups -OCH3 is 1. The van der Waals surface area contributed by atoms with Crippen molar-refractivity contribution in [2.45, 2.75) is 38.8 Å². The molecule has 2 aromatic heterocycles. The van der Waals surface area contributed by atoms with Crippen molar-refractivity contribution in [3.05, 3.63) is 34.9 Å². The van der Waals surface area contributed by atoms with Crippen molar-refractivity contribution >= 4 is 21.9 Å². The van der Waals surface area contributed by atoms with Gasteiger partial charge in [0.2, 0.25) is 0 Å². The number of nitrogens with zero attached hydrogens (tertiary/aromatic N) is 3. The SMILES string of the molecule is COc1ccc2c(c1)[nH]c1c(=O)n(CCN3CCCC[C@@H]3C)cnc12. The quantitative estimate of drug-likeness (QED) is 0.793. The predicted octanol–water partition coefficient (Wildman–Crippen LogP) is 2.76. The molecule has 0 bridgehead atoms. The number of rotatable bonds is 4. The molecule has 4 rings (SSSR count). The van der Waals surface area contributed by atoms with Gasteiger partial charge in [0.25, 0.3) is 5.56 Å². The van der Waals surface area contributed by atoms with E-state index in [9.17, 15) is 4.79 Å². The first-order valence-corrected chi connectivity index (χ1v) is 8.96. The van der Waals surface area contributed by atoms with Crippen molar-refractivity contribution in [3.8, 4) is 5.75 Å². The summed E-state index contributed by atoms with van der Waals surface area (Å²) in [6, 6.07) is 6.33. The standard InChI is InChI=1S/C19H24N4O2/c1-13-5-3-4-8-22(13)9-10-23-12-20-17-15-7-6-14(25-2)11-16(15)21-18(17)19(23)24/h6-7,11-13,21H,3-5,8-10H2,1-2H3/t13-/m0/s1. The molecule has 0 unspecified atom stereocenters. The summed E-state index contributed by atoms with van der Waals surface area (Å²) in [5.74, 6) is 0.762. The Morgan fingerprint density at radius 3 is 3.00 bits per heavy atom. The number of hydrogen-bond donors (Lipinski definition) is 1. The number of nitrogens with one attached hydrogen (secondary N) is 1. The lowest BCUT2D eigenvalue weighted by molar-refractivity contribution is 0.154. The highest BCUT2D eigenvalue weighted by atomic mass is 16.5. The van der Waals surface area contributed by atoms with Gasteiger partial charge in [0.15, 0.2) is 0 Å². The van der Waals surface area contributed by atoms with Crippen LogP contribution in [0, 0.1) is 0 Å². The second-order valence-electron chi connectivity index (χ2n) is 6.88. The molecule has 0 saturated carbocycles. The van der Waals surface area contributed by atoms with Gasteiger partial charge in [-0.2, -0.15) is 0 Å². The number of piperidine rings is 1. The monoisotopic (exact) mass is 340 g/mol. The Labute approximate surface area is 146 Å². The average Bonchev–Trinajstić information content (AvgIpc) is 3.01. The van der Waals surface area contributed by atoms with E-state index >= 15 is 0 Å². The molecule has 1 aliphatic rings. The van der Waals surface area contributed by atoms with Crippen LogP contribution in [0.3, 0.4) is 0 Å². The third-order valence-corrected chi connectivity index (χ3v) is 5.35. The fourth-order valence-electron chi connectivity index (χ4n) is 3.79. The van der Waals surface area contributed by atoms with E-state index in [1.165, 1.54) is 19.3 Å². The highest BCUT2D eigenvalue weighted by Gasteiger charge is 2.18. The summed E-state index contributed by atoms with van der Waals surface area (Å²) in [5.41, 5.74) is 2.16. The molecular formula is C19H24N4O2. The number of ether oxygens (including phenoxy) is 1. The van der Waals surface area contributed by atoms with E-state index in [4.69, 9.17) is 4.74 Å². The van der Waals surface area contributed by atoms with Gasteiger partial charge in [0, 0.05) is 30.6 Å². The van der Waals surface area contributed by atoms with Gasteiger partial charge < -0.3 is 9.72 Å². The minimum atomic E-state index is -0.00942. The molecule has 0 radical (unpaired) electrons. The van der Waals surface area contributed by atoms with Crippen LogP contribution in [0.25, 0.3) is 21.9 Å². The Bertz CT molecular complexity index is 959. The first-order valence-electron chi connectivity index (χ1n) is 8.96. The highest BCUT2D eigenvalue weighted by molar-refractivity contribution is 6.04. The molecule has 25 heavy (non-hydrogen) atoms. The minimum absolute atomic E-state index is 0.00942. The van der Waals surface area contributed by atoms with Crippen molar-refractivity contribution in [2.24, 2.45) is 0 Å². The molecule has 1 fully saturated rings. The summed E-state index contributed by atoms with van der Waals surface area (Å²) in [4.78, 5) is 23.1. The van der Waals surface area contributed by atoms with E-state index < -0.39 is 0 Å². The summed E-state index contributed by atoms with van der Waals surface area (Å²) < 4.78 is 6.98. The highest BCUT2D eigenvalue weighted by Crippen LogP contribution is 2.25. The van der Waals surface area contributed by atoms with Crippen LogP contribution in [-0.2, 0) is 6.54 Å². The topological polar surface area (TPSA) is 63.2 Å². The van der Waals surface area contributed by atoms with E-state index in [1.807, 2.05) is 18.2 Å². The second kappa shape index (κ2) is 6.52. The van der Waals surface area contributed by atoms with E-state index in [2.05, 4.69) is 21.8 Å². The fourth-order valence-corrected chi connectivity index (χ4v) is 3.79. The number of H-pyrrole nitrogens is 1. The predicted molar refractivity (Wildman–Crippen MR) is 99.3 cm³/mol. The summed E-state index contributed by atoms with van der Waals surface area (Å²) in [6.07, 6.45) is 5.48. The summed E-state index contributed by atoms with van der Waals surface area (Å²) in [7, 11) is 1.64. The second-order valence-corrected chi connectivity index (χ2v) is 6.88. The van der Waals surface area contributed by atoms with Gasteiger partial charge in [-0.15, -0.1) is 0 Å². The van der Waals surface area contributed by atoms with E-state index in [1.54, 1.807) is 18.0 Å². The lowest BCUT2D eigenvalue weighted by atomic mass is 10.0. The molecule has 1 saturated heterocycles. The number of fused-ring (bicyclic) bond motifs is 3. The first-order chi connectivity index (χ1) is 12.2. The maximum atomic E-state index is 12.8. The van der Waals surface area contributed by atoms with Crippen molar-refractivity contribution in [3.63, 3.8) is 0 Å². The molecular weight excluding hydrogens is 316 g/mol. The first kappa shape index (κ1) is 16.1. The van der Waals surface area contributed by atoms with Crippen molar-refractivity contribution < 1.29 is 4.74 Å². The molecule has 1 aliphatic heterocycles. The fraction of sp³-hybridized carbons (Fsp3) is 0.474. The zero-order valence-electron chi connectivity index (χ0n) is 14.8. The lowest BCUT2D eigenvalue weighted by Gasteiger charge is -2.33. The van der Waals surface area contributed by atoms with Crippen LogP contribution >= 0.6 is 0 Å². The normalized spacial score (nSPS) is 18.9. The smallest absolute Gasteiger partial charge is 0.277 e. The molecule has 1 N–H and O–H groups in total. The molecule has 132 valence electrons. The Balaban J connectivity index is 1.65. The summed E-state index contributed by atoms with van der Waals surface area (Å²) >= 11 is 0. The summed E-state index contributed by atoms with van der Waals surface area (Å²) in [6.45, 7) is 4.96. The molecule has 1 atom stereocenters. The third-order valence-electron chi connectivity index (χ3n) is 5.35. The van der Waals surface area contributed by atoms with Gasteiger partial charge in [-0.1, -0.05) is 6.42 Å². The van der Waals surface area contributed by atoms with Crippen LogP contribution < -0.4 is 10.3 Å². The van der Waals surface area contributed by atoms with Crippen LogP contribution in [0.2, 0.25) is 0 Å². The van der Waals surface area contributed by atoms with E-state index in [0.717, 1.165) is 35.3 Å². The van der Waals surface area contributed by atoms with Crippen LogP contribution in [0.5, 0.6) is 5.75 Å². The number of likely N-dealkylation sites (tertiary alicyclic amines) is 1. The third kappa shape index (κ3) is 2.91. The maximum absolute atomic E-state index is 12.8. The molecule has 1 aromatic carbocycles. The zero-order chi connectivity index (χ0) is 17.4. The molecule has 0 spiro atoms. The van der Waals surface area contributed by atoms with E-state index in [-0.39, 0.29) is 5.56 Å². The minimum Gasteiger partial charge on any atom is -0.497 e.